The summed E-state index contributed by atoms with van der Waals surface area (Å²) in [6.07, 6.45) is 17.3. The first kappa shape index (κ1) is 18.4. The highest BCUT2D eigenvalue weighted by Gasteiger charge is 2.02. The molecule has 0 bridgehead atoms. The molecule has 110 valence electrons. The Hall–Kier alpha value is 0.440. The molecule has 0 fully saturated rings. The molecular formula is C16H33BrO. The van der Waals surface area contributed by atoms with Crippen LogP contribution in [0.15, 0.2) is 0 Å². The van der Waals surface area contributed by atoms with Crippen LogP contribution in [0.1, 0.15) is 90.4 Å². The number of aliphatic hydroxyl groups is 1. The van der Waals surface area contributed by atoms with Crippen LogP contribution >= 0.6 is 15.9 Å². The molecule has 0 saturated carbocycles. The standard InChI is InChI=1S/C16H33BrO/c1-2-3-13-16(17)14-11-9-7-5-4-6-8-10-12-15-18/h16,18H,2-15H2,1H3. The van der Waals surface area contributed by atoms with Crippen molar-refractivity contribution < 1.29 is 5.11 Å². The molecule has 1 N–H and O–H groups in total. The monoisotopic (exact) mass is 320 g/mol. The number of unbranched alkanes of at least 4 members (excludes halogenated alkanes) is 9. The number of rotatable bonds is 14. The van der Waals surface area contributed by atoms with Crippen LogP contribution < -0.4 is 0 Å². The van der Waals surface area contributed by atoms with Gasteiger partial charge in [-0.3, -0.25) is 0 Å². The van der Waals surface area contributed by atoms with E-state index in [2.05, 4.69) is 22.9 Å². The van der Waals surface area contributed by atoms with E-state index in [1.807, 2.05) is 0 Å². The van der Waals surface area contributed by atoms with E-state index < -0.39 is 0 Å². The molecule has 0 amide bonds. The first-order valence-electron chi connectivity index (χ1n) is 8.06. The van der Waals surface area contributed by atoms with Crippen LogP contribution in [0, 0.1) is 0 Å². The molecule has 0 aromatic heterocycles. The van der Waals surface area contributed by atoms with Gasteiger partial charge in [0.25, 0.3) is 0 Å². The van der Waals surface area contributed by atoms with Crippen molar-refractivity contribution in [2.24, 2.45) is 0 Å². The largest absolute Gasteiger partial charge is 0.396 e. The molecule has 1 nitrogen and oxygen atoms in total. The van der Waals surface area contributed by atoms with Gasteiger partial charge in [0.2, 0.25) is 0 Å². The second-order valence-electron chi connectivity index (χ2n) is 5.43. The predicted octanol–water partition coefficient (Wildman–Crippen LogP) is 5.83. The van der Waals surface area contributed by atoms with Crippen LogP contribution in [-0.2, 0) is 0 Å². The zero-order valence-corrected chi connectivity index (χ0v) is 13.9. The van der Waals surface area contributed by atoms with E-state index in [0.29, 0.717) is 6.61 Å². The summed E-state index contributed by atoms with van der Waals surface area (Å²) in [4.78, 5) is 0.760. The average molecular weight is 321 g/mol. The van der Waals surface area contributed by atoms with E-state index in [4.69, 9.17) is 5.11 Å². The molecule has 0 aromatic rings. The lowest BCUT2D eigenvalue weighted by Crippen LogP contribution is -1.97. The third-order valence-electron chi connectivity index (χ3n) is 3.55. The second-order valence-corrected chi connectivity index (χ2v) is 6.73. The molecule has 0 radical (unpaired) electrons. The lowest BCUT2D eigenvalue weighted by Gasteiger charge is -2.08. The molecule has 0 aromatic carbocycles. The summed E-state index contributed by atoms with van der Waals surface area (Å²) < 4.78 is 0. The van der Waals surface area contributed by atoms with Crippen LogP contribution in [0.2, 0.25) is 0 Å². The van der Waals surface area contributed by atoms with Gasteiger partial charge in [-0.05, 0) is 19.3 Å². The van der Waals surface area contributed by atoms with Gasteiger partial charge in [-0.2, -0.15) is 0 Å². The lowest BCUT2D eigenvalue weighted by atomic mass is 10.0. The average Bonchev–Trinajstić information content (AvgIpc) is 2.38. The highest BCUT2D eigenvalue weighted by Crippen LogP contribution is 2.18. The smallest absolute Gasteiger partial charge is 0.0431 e. The number of hydrogen-bond acceptors (Lipinski definition) is 1. The molecule has 0 aliphatic carbocycles. The molecule has 0 aliphatic heterocycles. The number of alkyl halides is 1. The maximum absolute atomic E-state index is 8.66. The van der Waals surface area contributed by atoms with Crippen molar-refractivity contribution in [2.45, 2.75) is 95.2 Å². The molecule has 0 rings (SSSR count). The molecule has 2 heteroatoms. The van der Waals surface area contributed by atoms with E-state index in [0.717, 1.165) is 11.2 Å². The van der Waals surface area contributed by atoms with Gasteiger partial charge >= 0.3 is 0 Å². The van der Waals surface area contributed by atoms with Crippen LogP contribution in [0.3, 0.4) is 0 Å². The number of hydrogen-bond donors (Lipinski definition) is 1. The molecule has 0 spiro atoms. The van der Waals surface area contributed by atoms with Gasteiger partial charge in [0, 0.05) is 11.4 Å². The minimum absolute atomic E-state index is 0.367. The Morgan fingerprint density at radius 2 is 1.17 bits per heavy atom. The summed E-state index contributed by atoms with van der Waals surface area (Å²) in [6.45, 7) is 2.63. The Kier molecular flexibility index (Phi) is 15.9. The highest BCUT2D eigenvalue weighted by atomic mass is 79.9. The van der Waals surface area contributed by atoms with Crippen molar-refractivity contribution in [3.8, 4) is 0 Å². The van der Waals surface area contributed by atoms with Crippen molar-refractivity contribution in [2.75, 3.05) is 6.61 Å². The summed E-state index contributed by atoms with van der Waals surface area (Å²) >= 11 is 3.78. The fourth-order valence-electron chi connectivity index (χ4n) is 2.29. The van der Waals surface area contributed by atoms with E-state index >= 15 is 0 Å². The van der Waals surface area contributed by atoms with Crippen LogP contribution in [-0.4, -0.2) is 16.5 Å². The van der Waals surface area contributed by atoms with Crippen molar-refractivity contribution in [1.29, 1.82) is 0 Å². The fraction of sp³-hybridized carbons (Fsp3) is 1.00. The number of aliphatic hydroxyl groups excluding tert-OH is 1. The van der Waals surface area contributed by atoms with Gasteiger partial charge in [-0.15, -0.1) is 0 Å². The molecule has 0 saturated heterocycles. The molecule has 0 aliphatic rings. The zero-order valence-electron chi connectivity index (χ0n) is 12.3. The summed E-state index contributed by atoms with van der Waals surface area (Å²) in [6, 6.07) is 0. The summed E-state index contributed by atoms with van der Waals surface area (Å²) in [5.41, 5.74) is 0. The Labute approximate surface area is 123 Å². The van der Waals surface area contributed by atoms with E-state index in [1.165, 1.54) is 77.0 Å². The first-order valence-corrected chi connectivity index (χ1v) is 8.97. The van der Waals surface area contributed by atoms with Crippen LogP contribution in [0.25, 0.3) is 0 Å². The van der Waals surface area contributed by atoms with E-state index in [-0.39, 0.29) is 0 Å². The molecular weight excluding hydrogens is 288 g/mol. The van der Waals surface area contributed by atoms with Crippen molar-refractivity contribution >= 4 is 15.9 Å². The van der Waals surface area contributed by atoms with Crippen molar-refractivity contribution in [3.05, 3.63) is 0 Å². The quantitative estimate of drug-likeness (QED) is 0.315. The number of halogens is 1. The third-order valence-corrected chi connectivity index (χ3v) is 4.46. The summed E-state index contributed by atoms with van der Waals surface area (Å²) in [5, 5.41) is 8.66. The van der Waals surface area contributed by atoms with E-state index in [1.54, 1.807) is 0 Å². The van der Waals surface area contributed by atoms with Gasteiger partial charge in [0.05, 0.1) is 0 Å². The predicted molar refractivity (Wildman–Crippen MR) is 85.5 cm³/mol. The highest BCUT2D eigenvalue weighted by molar-refractivity contribution is 9.09. The lowest BCUT2D eigenvalue weighted by molar-refractivity contribution is 0.282. The molecule has 0 heterocycles. The van der Waals surface area contributed by atoms with Crippen molar-refractivity contribution in [1.82, 2.24) is 0 Å². The molecule has 18 heavy (non-hydrogen) atoms. The van der Waals surface area contributed by atoms with Gasteiger partial charge in [0.1, 0.15) is 0 Å². The normalized spacial score (nSPS) is 12.8. The Morgan fingerprint density at radius 1 is 0.722 bits per heavy atom. The fourth-order valence-corrected chi connectivity index (χ4v) is 2.93. The Morgan fingerprint density at radius 3 is 1.67 bits per heavy atom. The maximum atomic E-state index is 8.66. The zero-order chi connectivity index (χ0) is 13.5. The minimum Gasteiger partial charge on any atom is -0.396 e. The van der Waals surface area contributed by atoms with Crippen LogP contribution in [0.4, 0.5) is 0 Å². The topological polar surface area (TPSA) is 20.2 Å². The molecule has 1 unspecified atom stereocenters. The van der Waals surface area contributed by atoms with Gasteiger partial charge < -0.3 is 5.11 Å². The van der Waals surface area contributed by atoms with Crippen LogP contribution in [0.5, 0.6) is 0 Å². The molecule has 1 atom stereocenters. The second kappa shape index (κ2) is 15.5. The van der Waals surface area contributed by atoms with Gasteiger partial charge in [-0.1, -0.05) is 87.1 Å². The first-order chi connectivity index (χ1) is 8.81. The third kappa shape index (κ3) is 14.5. The van der Waals surface area contributed by atoms with Gasteiger partial charge in [0.15, 0.2) is 0 Å². The Balaban J connectivity index is 3.02. The summed E-state index contributed by atoms with van der Waals surface area (Å²) in [5.74, 6) is 0. The van der Waals surface area contributed by atoms with Gasteiger partial charge in [-0.25, -0.2) is 0 Å². The SMILES string of the molecule is CCCCC(Br)CCCCCCCCCCCO. The van der Waals surface area contributed by atoms with Crippen molar-refractivity contribution in [3.63, 3.8) is 0 Å². The van der Waals surface area contributed by atoms with E-state index in [9.17, 15) is 0 Å². The summed E-state index contributed by atoms with van der Waals surface area (Å²) in [7, 11) is 0. The minimum atomic E-state index is 0.367. The maximum Gasteiger partial charge on any atom is 0.0431 e. The Bertz CT molecular complexity index is 150.